The molecule has 2 aromatic rings. The van der Waals surface area contributed by atoms with E-state index in [0.717, 1.165) is 16.7 Å². The molecule has 0 saturated carbocycles. The minimum absolute atomic E-state index is 0.0157. The Hall–Kier alpha value is -2.29. The second kappa shape index (κ2) is 5.57. The number of hydrogen-bond donors (Lipinski definition) is 1. The highest BCUT2D eigenvalue weighted by atomic mass is 16.5. The van der Waals surface area contributed by atoms with Crippen molar-refractivity contribution in [3.8, 4) is 5.75 Å². The quantitative estimate of drug-likeness (QED) is 0.674. The van der Waals surface area contributed by atoms with E-state index < -0.39 is 0 Å². The van der Waals surface area contributed by atoms with E-state index in [9.17, 15) is 4.79 Å². The fourth-order valence-electron chi connectivity index (χ4n) is 1.83. The van der Waals surface area contributed by atoms with Gasteiger partial charge in [0.05, 0.1) is 0 Å². The molecule has 2 rings (SSSR count). The Balaban J connectivity index is 2.05. The monoisotopic (exact) mass is 255 g/mol. The number of ketones is 1. The van der Waals surface area contributed by atoms with Crippen molar-refractivity contribution >= 4 is 11.5 Å². The van der Waals surface area contributed by atoms with Gasteiger partial charge in [-0.3, -0.25) is 4.79 Å². The Labute approximate surface area is 113 Å². The molecule has 0 heterocycles. The summed E-state index contributed by atoms with van der Waals surface area (Å²) in [5.41, 5.74) is 9.02. The van der Waals surface area contributed by atoms with Crippen LogP contribution in [0.25, 0.3) is 0 Å². The van der Waals surface area contributed by atoms with Crippen LogP contribution in [0.5, 0.6) is 5.75 Å². The first kappa shape index (κ1) is 13.1. The zero-order valence-corrected chi connectivity index (χ0v) is 11.1. The summed E-state index contributed by atoms with van der Waals surface area (Å²) in [6.45, 7) is 3.93. The van der Waals surface area contributed by atoms with Crippen molar-refractivity contribution in [2.24, 2.45) is 0 Å². The molecule has 3 nitrogen and oxygen atoms in total. The Morgan fingerprint density at radius 2 is 1.79 bits per heavy atom. The van der Waals surface area contributed by atoms with Gasteiger partial charge in [0.15, 0.2) is 12.4 Å². The SMILES string of the molecule is Cc1ccc(C)c(C(=O)COc2ccc(N)cc2)c1. The highest BCUT2D eigenvalue weighted by molar-refractivity contribution is 5.98. The van der Waals surface area contributed by atoms with Gasteiger partial charge < -0.3 is 10.5 Å². The third-order valence-corrected chi connectivity index (χ3v) is 2.94. The van der Waals surface area contributed by atoms with Crippen molar-refractivity contribution in [3.63, 3.8) is 0 Å². The van der Waals surface area contributed by atoms with Gasteiger partial charge >= 0.3 is 0 Å². The predicted octanol–water partition coefficient (Wildman–Crippen LogP) is 3.15. The summed E-state index contributed by atoms with van der Waals surface area (Å²) < 4.78 is 5.47. The molecule has 0 atom stereocenters. The topological polar surface area (TPSA) is 52.3 Å². The van der Waals surface area contributed by atoms with Crippen LogP contribution in [-0.4, -0.2) is 12.4 Å². The minimum Gasteiger partial charge on any atom is -0.485 e. The number of nitrogens with two attached hydrogens (primary N) is 1. The van der Waals surface area contributed by atoms with Crippen molar-refractivity contribution in [2.75, 3.05) is 12.3 Å². The molecule has 0 aromatic heterocycles. The number of rotatable bonds is 4. The van der Waals surface area contributed by atoms with Crippen LogP contribution in [0.2, 0.25) is 0 Å². The summed E-state index contributed by atoms with van der Waals surface area (Å²) in [6, 6.07) is 12.8. The molecule has 98 valence electrons. The molecule has 19 heavy (non-hydrogen) atoms. The Kier molecular flexibility index (Phi) is 3.85. The standard InChI is InChI=1S/C16H17NO2/c1-11-3-4-12(2)15(9-11)16(18)10-19-14-7-5-13(17)6-8-14/h3-9H,10,17H2,1-2H3. The maximum absolute atomic E-state index is 12.1. The molecular formula is C16H17NO2. The number of aryl methyl sites for hydroxylation is 2. The molecule has 0 unspecified atom stereocenters. The van der Waals surface area contributed by atoms with Crippen LogP contribution in [0.3, 0.4) is 0 Å². The number of anilines is 1. The van der Waals surface area contributed by atoms with Gasteiger partial charge in [-0.2, -0.15) is 0 Å². The number of Topliss-reactive ketones (excluding diaryl/α,β-unsaturated/α-hetero) is 1. The molecule has 0 aliphatic rings. The Morgan fingerprint density at radius 1 is 1.11 bits per heavy atom. The lowest BCUT2D eigenvalue weighted by molar-refractivity contribution is 0.0921. The van der Waals surface area contributed by atoms with Gasteiger partial charge in [-0.15, -0.1) is 0 Å². The van der Waals surface area contributed by atoms with E-state index in [1.165, 1.54) is 0 Å². The van der Waals surface area contributed by atoms with Crippen LogP contribution in [0, 0.1) is 13.8 Å². The number of carbonyl (C=O) groups excluding carboxylic acids is 1. The first-order valence-corrected chi connectivity index (χ1v) is 6.15. The minimum atomic E-state index is -0.0157. The number of carbonyl (C=O) groups is 1. The van der Waals surface area contributed by atoms with Crippen molar-refractivity contribution < 1.29 is 9.53 Å². The zero-order chi connectivity index (χ0) is 13.8. The molecule has 3 heteroatoms. The third kappa shape index (κ3) is 3.35. The summed E-state index contributed by atoms with van der Waals surface area (Å²) in [7, 11) is 0. The fourth-order valence-corrected chi connectivity index (χ4v) is 1.83. The predicted molar refractivity (Wildman–Crippen MR) is 76.6 cm³/mol. The van der Waals surface area contributed by atoms with Gasteiger partial charge in [0, 0.05) is 11.3 Å². The molecule has 0 aliphatic carbocycles. The fraction of sp³-hybridized carbons (Fsp3) is 0.188. The van der Waals surface area contributed by atoms with Gasteiger partial charge in [0.2, 0.25) is 0 Å². The van der Waals surface area contributed by atoms with E-state index >= 15 is 0 Å². The number of nitrogen functional groups attached to an aromatic ring is 1. The molecule has 0 saturated heterocycles. The summed E-state index contributed by atoms with van der Waals surface area (Å²) >= 11 is 0. The molecule has 2 aromatic carbocycles. The summed E-state index contributed by atoms with van der Waals surface area (Å²) in [5, 5.41) is 0. The van der Waals surface area contributed by atoms with Crippen molar-refractivity contribution in [1.82, 2.24) is 0 Å². The van der Waals surface area contributed by atoms with E-state index in [4.69, 9.17) is 10.5 Å². The average molecular weight is 255 g/mol. The van der Waals surface area contributed by atoms with Crippen molar-refractivity contribution in [2.45, 2.75) is 13.8 Å². The maximum atomic E-state index is 12.1. The normalized spacial score (nSPS) is 10.2. The lowest BCUT2D eigenvalue weighted by Crippen LogP contribution is -2.13. The lowest BCUT2D eigenvalue weighted by atomic mass is 10.0. The second-order valence-electron chi connectivity index (χ2n) is 4.60. The van der Waals surface area contributed by atoms with E-state index in [1.54, 1.807) is 24.3 Å². The molecule has 0 bridgehead atoms. The van der Waals surface area contributed by atoms with Crippen molar-refractivity contribution in [3.05, 3.63) is 59.2 Å². The highest BCUT2D eigenvalue weighted by Crippen LogP contribution is 2.15. The molecule has 0 amide bonds. The summed E-state index contributed by atoms with van der Waals surface area (Å²) in [4.78, 5) is 12.1. The highest BCUT2D eigenvalue weighted by Gasteiger charge is 2.10. The largest absolute Gasteiger partial charge is 0.485 e. The molecule has 0 radical (unpaired) electrons. The van der Waals surface area contributed by atoms with Crippen LogP contribution >= 0.6 is 0 Å². The van der Waals surface area contributed by atoms with Crippen LogP contribution in [-0.2, 0) is 0 Å². The zero-order valence-electron chi connectivity index (χ0n) is 11.1. The Morgan fingerprint density at radius 3 is 2.47 bits per heavy atom. The van der Waals surface area contributed by atoms with Gasteiger partial charge in [-0.25, -0.2) is 0 Å². The average Bonchev–Trinajstić information content (AvgIpc) is 2.40. The molecule has 0 spiro atoms. The van der Waals surface area contributed by atoms with Crippen molar-refractivity contribution in [1.29, 1.82) is 0 Å². The molecule has 2 N–H and O–H groups in total. The molecular weight excluding hydrogens is 238 g/mol. The number of ether oxygens (including phenoxy) is 1. The summed E-state index contributed by atoms with van der Waals surface area (Å²) in [6.07, 6.45) is 0. The van der Waals surface area contributed by atoms with Crippen LogP contribution in [0.15, 0.2) is 42.5 Å². The summed E-state index contributed by atoms with van der Waals surface area (Å²) in [5.74, 6) is 0.630. The third-order valence-electron chi connectivity index (χ3n) is 2.94. The number of hydrogen-bond acceptors (Lipinski definition) is 3. The van der Waals surface area contributed by atoms with Gasteiger partial charge in [-0.05, 0) is 49.7 Å². The van der Waals surface area contributed by atoms with E-state index in [0.29, 0.717) is 11.4 Å². The maximum Gasteiger partial charge on any atom is 0.200 e. The Bertz CT molecular complexity index is 588. The lowest BCUT2D eigenvalue weighted by Gasteiger charge is -2.08. The van der Waals surface area contributed by atoms with E-state index in [2.05, 4.69) is 0 Å². The first-order valence-electron chi connectivity index (χ1n) is 6.15. The van der Waals surface area contributed by atoms with Gasteiger partial charge in [0.1, 0.15) is 5.75 Å². The van der Waals surface area contributed by atoms with Crippen LogP contribution in [0.4, 0.5) is 5.69 Å². The molecule has 0 aliphatic heterocycles. The smallest absolute Gasteiger partial charge is 0.200 e. The van der Waals surface area contributed by atoms with Crippen LogP contribution < -0.4 is 10.5 Å². The number of benzene rings is 2. The van der Waals surface area contributed by atoms with E-state index in [-0.39, 0.29) is 12.4 Å². The first-order chi connectivity index (χ1) is 9.06. The van der Waals surface area contributed by atoms with Gasteiger partial charge in [0.25, 0.3) is 0 Å². The van der Waals surface area contributed by atoms with E-state index in [1.807, 2.05) is 32.0 Å². The molecule has 0 fully saturated rings. The van der Waals surface area contributed by atoms with Crippen LogP contribution in [0.1, 0.15) is 21.5 Å². The van der Waals surface area contributed by atoms with Gasteiger partial charge in [-0.1, -0.05) is 17.7 Å². The second-order valence-corrected chi connectivity index (χ2v) is 4.60.